The number of hydrogen-bond donors (Lipinski definition) is 3. The fourth-order valence-corrected chi connectivity index (χ4v) is 2.13. The van der Waals surface area contributed by atoms with Gasteiger partial charge in [0, 0.05) is 6.04 Å². The third-order valence-electron chi connectivity index (χ3n) is 3.18. The van der Waals surface area contributed by atoms with Crippen molar-refractivity contribution in [3.05, 3.63) is 35.4 Å². The van der Waals surface area contributed by atoms with E-state index in [9.17, 15) is 4.79 Å². The van der Waals surface area contributed by atoms with Gasteiger partial charge in [0.1, 0.15) is 6.04 Å². The Balaban J connectivity index is 2.73. The smallest absolute Gasteiger partial charge is 0.320 e. The first-order valence-corrected chi connectivity index (χ1v) is 6.68. The molecule has 0 heterocycles. The minimum absolute atomic E-state index is 0.0285. The number of carbonyl (C=O) groups is 1. The fraction of sp³-hybridized carbons (Fsp3) is 0.533. The molecule has 0 bridgehead atoms. The Morgan fingerprint density at radius 3 is 2.32 bits per heavy atom. The molecule has 19 heavy (non-hydrogen) atoms. The van der Waals surface area contributed by atoms with Gasteiger partial charge in [-0.1, -0.05) is 38.1 Å². The number of nitrogens with one attached hydrogen (secondary N) is 1. The Hall–Kier alpha value is -1.39. The molecule has 2 unspecified atom stereocenters. The van der Waals surface area contributed by atoms with E-state index in [4.69, 9.17) is 10.8 Å². The molecule has 4 nitrogen and oxygen atoms in total. The predicted molar refractivity (Wildman–Crippen MR) is 77.0 cm³/mol. The van der Waals surface area contributed by atoms with Crippen molar-refractivity contribution >= 4 is 5.97 Å². The second-order valence-electron chi connectivity index (χ2n) is 5.36. The zero-order valence-electron chi connectivity index (χ0n) is 11.9. The highest BCUT2D eigenvalue weighted by atomic mass is 16.4. The summed E-state index contributed by atoms with van der Waals surface area (Å²) in [6.45, 7) is 4.38. The van der Waals surface area contributed by atoms with Crippen molar-refractivity contribution < 1.29 is 9.90 Å². The van der Waals surface area contributed by atoms with Crippen LogP contribution in [0.4, 0.5) is 0 Å². The van der Waals surface area contributed by atoms with Crippen molar-refractivity contribution in [1.29, 1.82) is 0 Å². The second kappa shape index (κ2) is 7.26. The summed E-state index contributed by atoms with van der Waals surface area (Å²) in [6, 6.07) is 7.44. The maximum absolute atomic E-state index is 10.8. The highest BCUT2D eigenvalue weighted by Crippen LogP contribution is 2.19. The number of nitrogens with two attached hydrogens (primary N) is 1. The zero-order chi connectivity index (χ0) is 14.4. The average Bonchev–Trinajstić information content (AvgIpc) is 2.36. The first-order chi connectivity index (χ1) is 8.93. The summed E-state index contributed by atoms with van der Waals surface area (Å²) in [7, 11) is 1.82. The van der Waals surface area contributed by atoms with Crippen molar-refractivity contribution in [3.8, 4) is 0 Å². The minimum Gasteiger partial charge on any atom is -0.480 e. The quantitative estimate of drug-likeness (QED) is 0.703. The molecule has 1 aromatic carbocycles. The largest absolute Gasteiger partial charge is 0.480 e. The van der Waals surface area contributed by atoms with E-state index < -0.39 is 12.0 Å². The molecule has 1 aromatic rings. The molecular formula is C15H24N2O2. The Labute approximate surface area is 115 Å². The van der Waals surface area contributed by atoms with Crippen LogP contribution in [0.15, 0.2) is 24.3 Å². The van der Waals surface area contributed by atoms with Crippen molar-refractivity contribution in [2.24, 2.45) is 11.7 Å². The van der Waals surface area contributed by atoms with Gasteiger partial charge < -0.3 is 16.2 Å². The molecule has 1 rings (SSSR count). The summed E-state index contributed by atoms with van der Waals surface area (Å²) in [6.07, 6.45) is 1.44. The zero-order valence-corrected chi connectivity index (χ0v) is 11.9. The van der Waals surface area contributed by atoms with Crippen LogP contribution in [-0.4, -0.2) is 24.2 Å². The summed E-state index contributed by atoms with van der Waals surface area (Å²) in [5.41, 5.74) is 7.96. The summed E-state index contributed by atoms with van der Waals surface area (Å²) >= 11 is 0. The van der Waals surface area contributed by atoms with Crippen molar-refractivity contribution in [2.45, 2.75) is 38.8 Å². The number of aliphatic carboxylic acids is 1. The van der Waals surface area contributed by atoms with Crippen LogP contribution in [0.25, 0.3) is 0 Å². The highest BCUT2D eigenvalue weighted by Gasteiger charge is 2.18. The lowest BCUT2D eigenvalue weighted by Gasteiger charge is -2.19. The van der Waals surface area contributed by atoms with Gasteiger partial charge in [-0.2, -0.15) is 0 Å². The molecule has 0 amide bonds. The Kier molecular flexibility index (Phi) is 5.99. The van der Waals surface area contributed by atoms with Gasteiger partial charge in [-0.3, -0.25) is 4.79 Å². The summed E-state index contributed by atoms with van der Waals surface area (Å²) in [4.78, 5) is 10.8. The van der Waals surface area contributed by atoms with Gasteiger partial charge in [0.2, 0.25) is 0 Å². The molecule has 4 N–H and O–H groups in total. The monoisotopic (exact) mass is 264 g/mol. The molecule has 106 valence electrons. The normalized spacial score (nSPS) is 14.4. The van der Waals surface area contributed by atoms with Gasteiger partial charge in [-0.25, -0.2) is 0 Å². The average molecular weight is 264 g/mol. The first kappa shape index (κ1) is 15.7. The summed E-state index contributed by atoms with van der Waals surface area (Å²) in [5.74, 6) is -0.331. The van der Waals surface area contributed by atoms with Crippen LogP contribution in [0.3, 0.4) is 0 Å². The molecule has 0 aliphatic heterocycles. The van der Waals surface area contributed by atoms with Crippen LogP contribution in [0.1, 0.15) is 37.4 Å². The molecule has 0 spiro atoms. The van der Waals surface area contributed by atoms with Crippen LogP contribution in [0.2, 0.25) is 0 Å². The van der Waals surface area contributed by atoms with E-state index in [0.29, 0.717) is 12.3 Å². The number of benzene rings is 1. The molecule has 0 aliphatic carbocycles. The molecule has 0 radical (unpaired) electrons. The van der Waals surface area contributed by atoms with E-state index in [1.54, 1.807) is 0 Å². The van der Waals surface area contributed by atoms with E-state index in [-0.39, 0.29) is 6.04 Å². The Bertz CT molecular complexity index is 401. The molecule has 2 atom stereocenters. The molecule has 0 saturated heterocycles. The third-order valence-corrected chi connectivity index (χ3v) is 3.18. The van der Waals surface area contributed by atoms with E-state index in [1.807, 2.05) is 19.2 Å². The van der Waals surface area contributed by atoms with Gasteiger partial charge in [0.05, 0.1) is 0 Å². The van der Waals surface area contributed by atoms with Crippen LogP contribution in [0.5, 0.6) is 0 Å². The lowest BCUT2D eigenvalue weighted by molar-refractivity contribution is -0.138. The SMILES string of the molecule is CNC(CC(N)C(=O)O)c1ccc(CC(C)C)cc1. The van der Waals surface area contributed by atoms with Crippen LogP contribution >= 0.6 is 0 Å². The Morgan fingerprint density at radius 1 is 1.32 bits per heavy atom. The van der Waals surface area contributed by atoms with Crippen molar-refractivity contribution in [2.75, 3.05) is 7.05 Å². The molecule has 0 fully saturated rings. The molecular weight excluding hydrogens is 240 g/mol. The number of rotatable bonds is 7. The maximum atomic E-state index is 10.8. The minimum atomic E-state index is -0.961. The number of carboxylic acid groups (broad SMARTS) is 1. The van der Waals surface area contributed by atoms with E-state index >= 15 is 0 Å². The maximum Gasteiger partial charge on any atom is 0.320 e. The summed E-state index contributed by atoms with van der Waals surface area (Å²) in [5, 5.41) is 12.0. The topological polar surface area (TPSA) is 75.3 Å². The fourth-order valence-electron chi connectivity index (χ4n) is 2.13. The number of hydrogen-bond acceptors (Lipinski definition) is 3. The number of carboxylic acids is 1. The van der Waals surface area contributed by atoms with Gasteiger partial charge in [0.25, 0.3) is 0 Å². The predicted octanol–water partition coefficient (Wildman–Crippen LogP) is 1.95. The van der Waals surface area contributed by atoms with Crippen molar-refractivity contribution in [3.63, 3.8) is 0 Å². The van der Waals surface area contributed by atoms with Crippen LogP contribution in [0, 0.1) is 5.92 Å². The van der Waals surface area contributed by atoms with E-state index in [2.05, 4.69) is 31.3 Å². The molecule has 4 heteroatoms. The van der Waals surface area contributed by atoms with Gasteiger partial charge >= 0.3 is 5.97 Å². The van der Waals surface area contributed by atoms with Crippen LogP contribution < -0.4 is 11.1 Å². The third kappa shape index (κ3) is 5.01. The molecule has 0 aliphatic rings. The first-order valence-electron chi connectivity index (χ1n) is 6.68. The van der Waals surface area contributed by atoms with Crippen molar-refractivity contribution in [1.82, 2.24) is 5.32 Å². The summed E-state index contributed by atoms with van der Waals surface area (Å²) < 4.78 is 0. The lowest BCUT2D eigenvalue weighted by Crippen LogP contribution is -2.34. The molecule has 0 aromatic heterocycles. The highest BCUT2D eigenvalue weighted by molar-refractivity contribution is 5.73. The van der Waals surface area contributed by atoms with E-state index in [1.165, 1.54) is 5.56 Å². The van der Waals surface area contributed by atoms with Crippen LogP contribution in [-0.2, 0) is 11.2 Å². The molecule has 0 saturated carbocycles. The van der Waals surface area contributed by atoms with E-state index in [0.717, 1.165) is 12.0 Å². The van der Waals surface area contributed by atoms with Gasteiger partial charge in [-0.15, -0.1) is 0 Å². The van der Waals surface area contributed by atoms with Gasteiger partial charge in [0.15, 0.2) is 0 Å². The standard InChI is InChI=1S/C15H24N2O2/c1-10(2)8-11-4-6-12(7-5-11)14(17-3)9-13(16)15(18)19/h4-7,10,13-14,17H,8-9,16H2,1-3H3,(H,18,19). The Morgan fingerprint density at radius 2 is 1.89 bits per heavy atom. The van der Waals surface area contributed by atoms with Gasteiger partial charge in [-0.05, 0) is 36.9 Å². The second-order valence-corrected chi connectivity index (χ2v) is 5.36. The lowest BCUT2D eigenvalue weighted by atomic mass is 9.96.